The van der Waals surface area contributed by atoms with Gasteiger partial charge in [0.15, 0.2) is 0 Å². The molecule has 1 fully saturated rings. The molecule has 3 atom stereocenters. The lowest BCUT2D eigenvalue weighted by Gasteiger charge is -2.24. The summed E-state index contributed by atoms with van der Waals surface area (Å²) < 4.78 is 32.6. The molecule has 0 aromatic heterocycles. The summed E-state index contributed by atoms with van der Waals surface area (Å²) >= 11 is 0. The number of aliphatic hydroxyl groups is 1. The van der Waals surface area contributed by atoms with Gasteiger partial charge in [0.2, 0.25) is 0 Å². The van der Waals surface area contributed by atoms with E-state index in [2.05, 4.69) is 5.32 Å². The summed E-state index contributed by atoms with van der Waals surface area (Å²) in [7, 11) is 0. The molecule has 1 saturated heterocycles. The second-order valence-corrected chi connectivity index (χ2v) is 6.52. The van der Waals surface area contributed by atoms with Gasteiger partial charge < -0.3 is 15.2 Å². The predicted octanol–water partition coefficient (Wildman–Crippen LogP) is 3.76. The number of rotatable bonds is 7. The molecule has 1 heterocycles. The molecule has 3 nitrogen and oxygen atoms in total. The summed E-state index contributed by atoms with van der Waals surface area (Å²) in [6, 6.07) is 13.1. The zero-order valence-corrected chi connectivity index (χ0v) is 14.0. The minimum absolute atomic E-state index is 0.0245. The Morgan fingerprint density at radius 1 is 1.16 bits per heavy atom. The van der Waals surface area contributed by atoms with Crippen molar-refractivity contribution in [2.45, 2.75) is 25.0 Å². The monoisotopic (exact) mass is 347 g/mol. The van der Waals surface area contributed by atoms with Gasteiger partial charge in [-0.05, 0) is 42.5 Å². The zero-order chi connectivity index (χ0) is 17.6. The zero-order valence-electron chi connectivity index (χ0n) is 14.0. The van der Waals surface area contributed by atoms with Gasteiger partial charge in [-0.1, -0.05) is 30.3 Å². The molecule has 1 aliphatic rings. The van der Waals surface area contributed by atoms with Gasteiger partial charge in [0.25, 0.3) is 0 Å². The van der Waals surface area contributed by atoms with E-state index in [1.807, 2.05) is 30.3 Å². The van der Waals surface area contributed by atoms with Crippen molar-refractivity contribution in [1.82, 2.24) is 5.32 Å². The van der Waals surface area contributed by atoms with Crippen molar-refractivity contribution in [2.24, 2.45) is 5.92 Å². The van der Waals surface area contributed by atoms with Crippen LogP contribution in [0.15, 0.2) is 48.5 Å². The van der Waals surface area contributed by atoms with Gasteiger partial charge in [0.05, 0.1) is 6.10 Å². The first-order valence-corrected chi connectivity index (χ1v) is 8.62. The quantitative estimate of drug-likeness (QED) is 0.801. The molecular weight excluding hydrogens is 324 g/mol. The van der Waals surface area contributed by atoms with Crippen molar-refractivity contribution in [1.29, 1.82) is 0 Å². The highest BCUT2D eigenvalue weighted by molar-refractivity contribution is 5.22. The van der Waals surface area contributed by atoms with Crippen LogP contribution in [0.4, 0.5) is 8.78 Å². The Hall–Kier alpha value is -1.82. The summed E-state index contributed by atoms with van der Waals surface area (Å²) in [6.07, 6.45) is 0.788. The van der Waals surface area contributed by atoms with Crippen molar-refractivity contribution in [2.75, 3.05) is 19.8 Å². The van der Waals surface area contributed by atoms with Crippen molar-refractivity contribution in [3.63, 3.8) is 0 Å². The van der Waals surface area contributed by atoms with Crippen LogP contribution in [0.5, 0.6) is 0 Å². The first-order chi connectivity index (χ1) is 12.1. The predicted molar refractivity (Wildman–Crippen MR) is 92.0 cm³/mol. The van der Waals surface area contributed by atoms with Crippen molar-refractivity contribution in [3.05, 3.63) is 71.3 Å². The van der Waals surface area contributed by atoms with Gasteiger partial charge in [0.1, 0.15) is 11.6 Å². The molecule has 2 aromatic carbocycles. The molecule has 5 heteroatoms. The third-order valence-electron chi connectivity index (χ3n) is 4.67. The maximum absolute atomic E-state index is 13.8. The minimum Gasteiger partial charge on any atom is -0.387 e. The second-order valence-electron chi connectivity index (χ2n) is 6.52. The van der Waals surface area contributed by atoms with Crippen LogP contribution in [0.3, 0.4) is 0 Å². The lowest BCUT2D eigenvalue weighted by molar-refractivity contribution is 0.159. The Bertz CT molecular complexity index is 675. The largest absolute Gasteiger partial charge is 0.387 e. The lowest BCUT2D eigenvalue weighted by atomic mass is 9.94. The summed E-state index contributed by atoms with van der Waals surface area (Å²) in [6.45, 7) is 1.67. The first-order valence-electron chi connectivity index (χ1n) is 8.62. The smallest absolute Gasteiger partial charge is 0.129 e. The highest BCUT2D eigenvalue weighted by Gasteiger charge is 2.23. The molecule has 0 spiro atoms. The van der Waals surface area contributed by atoms with Gasteiger partial charge in [-0.3, -0.25) is 0 Å². The summed E-state index contributed by atoms with van der Waals surface area (Å²) in [5.41, 5.74) is 1.09. The van der Waals surface area contributed by atoms with E-state index in [9.17, 15) is 13.9 Å². The normalized spacial score (nSPS) is 19.7. The fourth-order valence-electron chi connectivity index (χ4n) is 3.26. The van der Waals surface area contributed by atoms with Crippen molar-refractivity contribution < 1.29 is 18.6 Å². The van der Waals surface area contributed by atoms with Crippen LogP contribution in [0.2, 0.25) is 0 Å². The summed E-state index contributed by atoms with van der Waals surface area (Å²) in [4.78, 5) is 0. The average Bonchev–Trinajstić information content (AvgIpc) is 3.14. The highest BCUT2D eigenvalue weighted by Crippen LogP contribution is 2.27. The number of nitrogens with one attached hydrogen (secondary N) is 1. The number of aliphatic hydroxyl groups excluding tert-OH is 1. The van der Waals surface area contributed by atoms with Crippen LogP contribution in [0.25, 0.3) is 0 Å². The maximum atomic E-state index is 13.8. The Kier molecular flexibility index (Phi) is 6.13. The topological polar surface area (TPSA) is 41.5 Å². The van der Waals surface area contributed by atoms with Crippen LogP contribution < -0.4 is 5.32 Å². The molecule has 0 amide bonds. The third kappa shape index (κ3) is 4.84. The van der Waals surface area contributed by atoms with Crippen LogP contribution in [0, 0.1) is 17.6 Å². The second kappa shape index (κ2) is 8.52. The molecule has 2 N–H and O–H groups in total. The number of halogens is 2. The summed E-state index contributed by atoms with van der Waals surface area (Å²) in [5.74, 6) is -0.699. The number of ether oxygens (including phenoxy) is 1. The molecular formula is C20H23F2NO2. The van der Waals surface area contributed by atoms with E-state index in [0.29, 0.717) is 5.92 Å². The van der Waals surface area contributed by atoms with Crippen LogP contribution in [-0.2, 0) is 4.74 Å². The molecule has 3 rings (SSSR count). The van der Waals surface area contributed by atoms with Crippen molar-refractivity contribution in [3.8, 4) is 0 Å². The van der Waals surface area contributed by atoms with E-state index in [-0.39, 0.29) is 18.2 Å². The Morgan fingerprint density at radius 2 is 1.96 bits per heavy atom. The van der Waals surface area contributed by atoms with Crippen molar-refractivity contribution >= 4 is 0 Å². The fourth-order valence-corrected chi connectivity index (χ4v) is 3.26. The van der Waals surface area contributed by atoms with E-state index < -0.39 is 17.7 Å². The van der Waals surface area contributed by atoms with Gasteiger partial charge in [-0.15, -0.1) is 0 Å². The van der Waals surface area contributed by atoms with E-state index in [4.69, 9.17) is 4.74 Å². The van der Waals surface area contributed by atoms with Gasteiger partial charge in [-0.2, -0.15) is 0 Å². The lowest BCUT2D eigenvalue weighted by Crippen LogP contribution is -2.28. The van der Waals surface area contributed by atoms with Gasteiger partial charge in [0, 0.05) is 31.4 Å². The van der Waals surface area contributed by atoms with E-state index in [1.54, 1.807) is 0 Å². The molecule has 0 bridgehead atoms. The average molecular weight is 347 g/mol. The molecule has 1 aliphatic heterocycles. The fraction of sp³-hybridized carbons (Fsp3) is 0.400. The molecule has 0 radical (unpaired) electrons. The SMILES string of the molecule is O[C@H](CN[C@H](C[C@H]1CCOC1)c1ccccc1)c1cc(F)ccc1F. The molecule has 25 heavy (non-hydrogen) atoms. The molecule has 0 aliphatic carbocycles. The van der Waals surface area contributed by atoms with E-state index in [1.165, 1.54) is 0 Å². The Balaban J connectivity index is 1.68. The highest BCUT2D eigenvalue weighted by atomic mass is 19.1. The van der Waals surface area contributed by atoms with E-state index in [0.717, 1.165) is 49.8 Å². The Labute approximate surface area is 146 Å². The minimum atomic E-state index is -1.11. The molecule has 0 unspecified atom stereocenters. The van der Waals surface area contributed by atoms with Crippen LogP contribution in [0.1, 0.15) is 36.1 Å². The molecule has 0 saturated carbocycles. The van der Waals surface area contributed by atoms with Crippen LogP contribution >= 0.6 is 0 Å². The Morgan fingerprint density at radius 3 is 2.68 bits per heavy atom. The van der Waals surface area contributed by atoms with E-state index >= 15 is 0 Å². The number of benzene rings is 2. The maximum Gasteiger partial charge on any atom is 0.129 e. The van der Waals surface area contributed by atoms with Gasteiger partial charge >= 0.3 is 0 Å². The number of hydrogen-bond acceptors (Lipinski definition) is 3. The molecule has 2 aromatic rings. The summed E-state index contributed by atoms with van der Waals surface area (Å²) in [5, 5.41) is 13.6. The van der Waals surface area contributed by atoms with Crippen LogP contribution in [-0.4, -0.2) is 24.9 Å². The number of hydrogen-bond donors (Lipinski definition) is 2. The molecule has 134 valence electrons. The first kappa shape index (κ1) is 18.0. The third-order valence-corrected chi connectivity index (χ3v) is 4.67. The van der Waals surface area contributed by atoms with Gasteiger partial charge in [-0.25, -0.2) is 8.78 Å². The standard InChI is InChI=1S/C20H23F2NO2/c21-16-6-7-18(22)17(11-16)20(24)12-23-19(10-14-8-9-25-13-14)15-4-2-1-3-5-15/h1-7,11,14,19-20,23-24H,8-10,12-13H2/t14-,19-,20-/m1/s1.